The molecule has 0 fully saturated rings. The van der Waals surface area contributed by atoms with Gasteiger partial charge in [0, 0.05) is 5.56 Å². The van der Waals surface area contributed by atoms with E-state index in [1.165, 1.54) is 0 Å². The molecule has 8 heteroatoms. The van der Waals surface area contributed by atoms with Crippen LogP contribution < -0.4 is 18.6 Å². The average Bonchev–Trinajstić information content (AvgIpc) is 3.23. The number of halogens is 1. The molecular formula is C24H16ClNO5S. The van der Waals surface area contributed by atoms with Gasteiger partial charge in [0.05, 0.1) is 27.9 Å². The number of fused-ring (bicyclic) bond motifs is 1. The number of benzene rings is 3. The van der Waals surface area contributed by atoms with Gasteiger partial charge in [-0.25, -0.2) is 28.0 Å². The van der Waals surface area contributed by atoms with Crippen molar-refractivity contribution in [3.05, 3.63) is 97.1 Å². The Bertz CT molecular complexity index is 1220. The van der Waals surface area contributed by atoms with Crippen molar-refractivity contribution in [1.82, 2.24) is 4.98 Å². The van der Waals surface area contributed by atoms with E-state index in [0.717, 1.165) is 43.4 Å². The van der Waals surface area contributed by atoms with Crippen molar-refractivity contribution in [2.45, 2.75) is 0 Å². The predicted octanol–water partition coefficient (Wildman–Crippen LogP) is 2.42. The zero-order valence-electron chi connectivity index (χ0n) is 16.5. The van der Waals surface area contributed by atoms with Crippen molar-refractivity contribution in [3.8, 4) is 33.2 Å². The first kappa shape index (κ1) is 22.0. The van der Waals surface area contributed by atoms with Crippen LogP contribution in [0.2, 0.25) is 0 Å². The molecule has 2 heterocycles. The van der Waals surface area contributed by atoms with E-state index in [2.05, 4.69) is 54.6 Å². The third-order valence-corrected chi connectivity index (χ3v) is 5.51. The molecule has 3 aromatic carbocycles. The molecule has 6 nitrogen and oxygen atoms in total. The lowest BCUT2D eigenvalue weighted by Gasteiger charge is -2.17. The maximum absolute atomic E-state index is 8.49. The fourth-order valence-electron chi connectivity index (χ4n) is 3.13. The summed E-state index contributed by atoms with van der Waals surface area (Å²) in [5.74, 6) is 1.63. The van der Waals surface area contributed by atoms with Gasteiger partial charge in [-0.3, -0.25) is 0 Å². The number of hydrogen-bond donors (Lipinski definition) is 0. The van der Waals surface area contributed by atoms with E-state index in [1.54, 1.807) is 11.3 Å². The minimum atomic E-state index is -4.94. The van der Waals surface area contributed by atoms with Crippen molar-refractivity contribution in [1.29, 1.82) is 0 Å². The lowest BCUT2D eigenvalue weighted by atomic mass is 10.0. The molecule has 5 aromatic rings. The van der Waals surface area contributed by atoms with Gasteiger partial charge in [-0.1, -0.05) is 60.7 Å². The Hall–Kier alpha value is -3.17. The molecule has 2 aromatic heterocycles. The summed E-state index contributed by atoms with van der Waals surface area (Å²) < 4.78 is 41.4. The highest BCUT2D eigenvalue weighted by molar-refractivity contribution is 7.21. The second kappa shape index (κ2) is 9.54. The molecule has 0 aliphatic heterocycles. The molecule has 0 amide bonds. The van der Waals surface area contributed by atoms with Gasteiger partial charge in [-0.05, 0) is 29.8 Å². The van der Waals surface area contributed by atoms with Gasteiger partial charge in [0.25, 0.3) is 0 Å². The fraction of sp³-hybridized carbons (Fsp3) is 0. The molecule has 5 rings (SSSR count). The van der Waals surface area contributed by atoms with Gasteiger partial charge in [0.15, 0.2) is 0 Å². The van der Waals surface area contributed by atoms with Crippen LogP contribution >= 0.6 is 11.3 Å². The van der Waals surface area contributed by atoms with Crippen molar-refractivity contribution in [2.24, 2.45) is 0 Å². The molecule has 0 aliphatic carbocycles. The second-order valence-electron chi connectivity index (χ2n) is 6.67. The number of hydrogen-bond acceptors (Lipinski definition) is 6. The maximum Gasteiger partial charge on any atom is 0.389 e. The highest BCUT2D eigenvalue weighted by Gasteiger charge is 2.23. The Morgan fingerprint density at radius 1 is 0.625 bits per heavy atom. The van der Waals surface area contributed by atoms with Crippen LogP contribution in [0.5, 0.6) is 0 Å². The van der Waals surface area contributed by atoms with Crippen LogP contribution in [0, 0.1) is 10.2 Å². The third kappa shape index (κ3) is 5.74. The SMILES string of the molecule is [O-][Cl+3]([O-])([O-])[O-].c1ccc(-c2cc(-c3ccccc3)[o+]c(-c3nc4ccccc4s3)c2)cc1. The summed E-state index contributed by atoms with van der Waals surface area (Å²) in [6, 6.07) is 32.9. The largest absolute Gasteiger partial charge is 0.389 e. The molecule has 32 heavy (non-hydrogen) atoms. The summed E-state index contributed by atoms with van der Waals surface area (Å²) in [6.07, 6.45) is 0. The molecule has 0 N–H and O–H groups in total. The van der Waals surface area contributed by atoms with E-state index in [0.29, 0.717) is 0 Å². The first-order chi connectivity index (χ1) is 15.4. The monoisotopic (exact) mass is 465 g/mol. The molecule has 0 radical (unpaired) electrons. The quantitative estimate of drug-likeness (QED) is 0.378. The van der Waals surface area contributed by atoms with Crippen LogP contribution in [0.25, 0.3) is 43.4 Å². The highest BCUT2D eigenvalue weighted by atomic mass is 35.7. The fourth-order valence-corrected chi connectivity index (χ4v) is 4.04. The Kier molecular flexibility index (Phi) is 6.57. The topological polar surface area (TPSA) is 116 Å². The number of thiazole rings is 1. The number of nitrogens with zero attached hydrogens (tertiary/aromatic N) is 1. The third-order valence-electron chi connectivity index (χ3n) is 4.46. The highest BCUT2D eigenvalue weighted by Crippen LogP contribution is 2.36. The molecule has 0 saturated heterocycles. The van der Waals surface area contributed by atoms with Crippen LogP contribution in [-0.2, 0) is 0 Å². The van der Waals surface area contributed by atoms with E-state index < -0.39 is 10.2 Å². The Morgan fingerprint density at radius 2 is 1.16 bits per heavy atom. The summed E-state index contributed by atoms with van der Waals surface area (Å²) in [7, 11) is -4.94. The second-order valence-corrected chi connectivity index (χ2v) is 8.46. The van der Waals surface area contributed by atoms with Gasteiger partial charge in [-0.15, -0.1) is 21.6 Å². The first-order valence-electron chi connectivity index (χ1n) is 9.43. The van der Waals surface area contributed by atoms with E-state index >= 15 is 0 Å². The zero-order valence-corrected chi connectivity index (χ0v) is 18.1. The van der Waals surface area contributed by atoms with Crippen molar-refractivity contribution >= 4 is 21.6 Å². The van der Waals surface area contributed by atoms with Gasteiger partial charge in [0.1, 0.15) is 0 Å². The minimum absolute atomic E-state index is 0.788. The van der Waals surface area contributed by atoms with E-state index in [4.69, 9.17) is 28.0 Å². The Morgan fingerprint density at radius 3 is 1.78 bits per heavy atom. The molecule has 0 atom stereocenters. The molecule has 0 saturated carbocycles. The van der Waals surface area contributed by atoms with Crippen molar-refractivity contribution in [3.63, 3.8) is 0 Å². The smallest absolute Gasteiger partial charge is 0.228 e. The van der Waals surface area contributed by atoms with Crippen LogP contribution in [-0.4, -0.2) is 4.98 Å². The minimum Gasteiger partial charge on any atom is -0.228 e. The Balaban J connectivity index is 0.000000444. The molecule has 0 spiro atoms. The summed E-state index contributed by atoms with van der Waals surface area (Å²) in [5.41, 5.74) is 4.33. The number of para-hydroxylation sites is 1. The lowest BCUT2D eigenvalue weighted by molar-refractivity contribution is -2.00. The molecule has 0 aliphatic rings. The van der Waals surface area contributed by atoms with Crippen molar-refractivity contribution in [2.75, 3.05) is 0 Å². The predicted molar refractivity (Wildman–Crippen MR) is 113 cm³/mol. The average molecular weight is 466 g/mol. The molecule has 0 bridgehead atoms. The summed E-state index contributed by atoms with van der Waals surface area (Å²) in [4.78, 5) is 4.78. The normalized spacial score (nSPS) is 11.1. The maximum atomic E-state index is 8.49. The van der Waals surface area contributed by atoms with Gasteiger partial charge in [0.2, 0.25) is 5.01 Å². The van der Waals surface area contributed by atoms with Crippen LogP contribution in [0.15, 0.2) is 101 Å². The van der Waals surface area contributed by atoms with Gasteiger partial charge in [-0.2, -0.15) is 0 Å². The summed E-state index contributed by atoms with van der Waals surface area (Å²) in [6.45, 7) is 0. The lowest BCUT2D eigenvalue weighted by Crippen LogP contribution is -2.68. The summed E-state index contributed by atoms with van der Waals surface area (Å²) in [5, 5.41) is 0.895. The van der Waals surface area contributed by atoms with Crippen LogP contribution in [0.1, 0.15) is 0 Å². The molecular weight excluding hydrogens is 450 g/mol. The van der Waals surface area contributed by atoms with E-state index in [1.807, 2.05) is 42.5 Å². The van der Waals surface area contributed by atoms with Gasteiger partial charge < -0.3 is 0 Å². The summed E-state index contributed by atoms with van der Waals surface area (Å²) >= 11 is 1.65. The molecule has 160 valence electrons. The first-order valence-corrected chi connectivity index (χ1v) is 11.5. The number of rotatable bonds is 3. The van der Waals surface area contributed by atoms with Crippen LogP contribution in [0.4, 0.5) is 0 Å². The van der Waals surface area contributed by atoms with E-state index in [9.17, 15) is 0 Å². The Labute approximate surface area is 190 Å². The molecule has 0 unspecified atom stereocenters. The van der Waals surface area contributed by atoms with E-state index in [-0.39, 0.29) is 0 Å². The van der Waals surface area contributed by atoms with Crippen LogP contribution in [0.3, 0.4) is 0 Å². The number of aromatic nitrogens is 1. The zero-order chi connectivity index (χ0) is 22.6. The standard InChI is InChI=1S/C24H16NOS.ClHO4/c1-3-9-17(10-4-1)19-15-21(18-11-5-2-6-12-18)26-22(16-19)24-25-20-13-7-8-14-23(20)27-24;2-1(3,4)5/h1-16H;(H,2,3,4,5)/q+1;/p-1. The van der Waals surface area contributed by atoms with Gasteiger partial charge >= 0.3 is 11.5 Å². The van der Waals surface area contributed by atoms with Crippen molar-refractivity contribution < 1.29 is 33.3 Å².